The number of benzene rings is 2. The number of carbonyl (C=O) groups excluding carboxylic acids is 2. The standard InChI is InChI=1S/C23H21F2N5O2S/c24-16-4-3-5-17(25)18(16)19(31)20-21(26)29-23(33-20)28-15-8-6-14(7-9-15)22(32)27-10-13-30-11-1-2-12-30/h1-9H,10-13,26H2,(H,27,32)(H,28,29). The highest BCUT2D eigenvalue weighted by Gasteiger charge is 2.24. The van der Waals surface area contributed by atoms with Gasteiger partial charge in [0.1, 0.15) is 22.3 Å². The minimum absolute atomic E-state index is 0.0642. The monoisotopic (exact) mass is 469 g/mol. The molecule has 0 fully saturated rings. The van der Waals surface area contributed by atoms with Crippen molar-refractivity contribution in [2.45, 2.75) is 0 Å². The summed E-state index contributed by atoms with van der Waals surface area (Å²) in [5, 5.41) is 6.16. The maximum Gasteiger partial charge on any atom is 0.251 e. The van der Waals surface area contributed by atoms with Crippen LogP contribution in [0.2, 0.25) is 0 Å². The second kappa shape index (κ2) is 9.88. The van der Waals surface area contributed by atoms with Gasteiger partial charge in [0.25, 0.3) is 5.91 Å². The van der Waals surface area contributed by atoms with Gasteiger partial charge in [-0.2, -0.15) is 0 Å². The Bertz CT molecular complexity index is 1180. The minimum atomic E-state index is -0.965. The molecule has 3 aromatic rings. The van der Waals surface area contributed by atoms with E-state index in [1.165, 1.54) is 6.07 Å². The van der Waals surface area contributed by atoms with Crippen LogP contribution < -0.4 is 16.4 Å². The lowest BCUT2D eigenvalue weighted by atomic mass is 10.1. The van der Waals surface area contributed by atoms with E-state index < -0.39 is 23.0 Å². The summed E-state index contributed by atoms with van der Waals surface area (Å²) in [6.07, 6.45) is 4.20. The number of hydrogen-bond donors (Lipinski definition) is 3. The van der Waals surface area contributed by atoms with E-state index in [0.29, 0.717) is 17.8 Å². The number of hydrogen-bond acceptors (Lipinski definition) is 7. The Morgan fingerprint density at radius 3 is 2.39 bits per heavy atom. The Kier molecular flexibility index (Phi) is 6.76. The molecule has 0 saturated heterocycles. The second-order valence-corrected chi connectivity index (χ2v) is 8.35. The van der Waals surface area contributed by atoms with Gasteiger partial charge in [-0.3, -0.25) is 14.5 Å². The first-order valence-electron chi connectivity index (χ1n) is 10.2. The molecular weight excluding hydrogens is 448 g/mol. The topological polar surface area (TPSA) is 100 Å². The molecule has 0 radical (unpaired) electrons. The molecular formula is C23H21F2N5O2S. The number of rotatable bonds is 8. The van der Waals surface area contributed by atoms with Gasteiger partial charge >= 0.3 is 0 Å². The zero-order valence-corrected chi connectivity index (χ0v) is 18.3. The number of carbonyl (C=O) groups is 2. The molecule has 0 bridgehead atoms. The van der Waals surface area contributed by atoms with Gasteiger partial charge in [0.2, 0.25) is 5.78 Å². The van der Waals surface area contributed by atoms with Crippen molar-refractivity contribution in [3.63, 3.8) is 0 Å². The highest BCUT2D eigenvalue weighted by Crippen LogP contribution is 2.31. The van der Waals surface area contributed by atoms with E-state index >= 15 is 0 Å². The molecule has 170 valence electrons. The van der Waals surface area contributed by atoms with Crippen LogP contribution in [0.15, 0.2) is 54.6 Å². The summed E-state index contributed by atoms with van der Waals surface area (Å²) in [6, 6.07) is 9.89. The van der Waals surface area contributed by atoms with E-state index in [9.17, 15) is 18.4 Å². The van der Waals surface area contributed by atoms with Gasteiger partial charge in [-0.25, -0.2) is 13.8 Å². The molecule has 2 heterocycles. The van der Waals surface area contributed by atoms with Gasteiger partial charge in [-0.15, -0.1) is 0 Å². The van der Waals surface area contributed by atoms with Crippen molar-refractivity contribution in [1.29, 1.82) is 0 Å². The zero-order chi connectivity index (χ0) is 23.4. The lowest BCUT2D eigenvalue weighted by Gasteiger charge is -2.14. The zero-order valence-electron chi connectivity index (χ0n) is 17.5. The van der Waals surface area contributed by atoms with Gasteiger partial charge in [-0.1, -0.05) is 29.6 Å². The molecule has 1 aliphatic heterocycles. The van der Waals surface area contributed by atoms with Crippen molar-refractivity contribution in [2.24, 2.45) is 0 Å². The first-order valence-corrected chi connectivity index (χ1v) is 11.0. The van der Waals surface area contributed by atoms with Gasteiger partial charge in [0.05, 0.1) is 5.56 Å². The SMILES string of the molecule is Nc1nc(Nc2ccc(C(=O)NCCN3CC=CC3)cc2)sc1C(=O)c1c(F)cccc1F. The fourth-order valence-electron chi connectivity index (χ4n) is 3.34. The fourth-order valence-corrected chi connectivity index (χ4v) is 4.19. The molecule has 1 aromatic heterocycles. The second-order valence-electron chi connectivity index (χ2n) is 7.35. The first kappa shape index (κ1) is 22.6. The average molecular weight is 470 g/mol. The number of aromatic nitrogens is 1. The quantitative estimate of drug-likeness (QED) is 0.345. The molecule has 4 N–H and O–H groups in total. The third-order valence-corrected chi connectivity index (χ3v) is 6.04. The summed E-state index contributed by atoms with van der Waals surface area (Å²) in [4.78, 5) is 31.1. The van der Waals surface area contributed by atoms with Crippen LogP contribution in [-0.2, 0) is 0 Å². The summed E-state index contributed by atoms with van der Waals surface area (Å²) in [6.45, 7) is 3.14. The van der Waals surface area contributed by atoms with Gasteiger partial charge in [0, 0.05) is 37.4 Å². The van der Waals surface area contributed by atoms with Crippen molar-refractivity contribution in [3.8, 4) is 0 Å². The molecule has 4 rings (SSSR count). The largest absolute Gasteiger partial charge is 0.382 e. The summed E-state index contributed by atoms with van der Waals surface area (Å²) in [5.41, 5.74) is 6.27. The molecule has 0 atom stereocenters. The first-order chi connectivity index (χ1) is 15.9. The van der Waals surface area contributed by atoms with Crippen LogP contribution in [0.1, 0.15) is 25.6 Å². The Hall–Kier alpha value is -3.63. The van der Waals surface area contributed by atoms with E-state index in [2.05, 4.69) is 32.7 Å². The van der Waals surface area contributed by atoms with Crippen LogP contribution >= 0.6 is 11.3 Å². The van der Waals surface area contributed by atoms with E-state index in [1.54, 1.807) is 24.3 Å². The van der Waals surface area contributed by atoms with E-state index in [1.807, 2.05) is 0 Å². The molecule has 7 nitrogen and oxygen atoms in total. The molecule has 2 aromatic carbocycles. The lowest BCUT2D eigenvalue weighted by Crippen LogP contribution is -2.33. The Morgan fingerprint density at radius 1 is 1.06 bits per heavy atom. The molecule has 0 aliphatic carbocycles. The Labute approximate surface area is 192 Å². The average Bonchev–Trinajstić information content (AvgIpc) is 3.43. The number of thiazole rings is 1. The molecule has 0 saturated carbocycles. The number of anilines is 3. The summed E-state index contributed by atoms with van der Waals surface area (Å²) >= 11 is 0.889. The maximum absolute atomic E-state index is 14.0. The Morgan fingerprint density at radius 2 is 1.73 bits per heavy atom. The molecule has 0 spiro atoms. The minimum Gasteiger partial charge on any atom is -0.382 e. The van der Waals surface area contributed by atoms with Gasteiger partial charge in [0.15, 0.2) is 5.13 Å². The number of nitrogens with zero attached hydrogens (tertiary/aromatic N) is 2. The number of ketones is 1. The van der Waals surface area contributed by atoms with Crippen molar-refractivity contribution >= 4 is 39.7 Å². The number of nitrogen functional groups attached to an aromatic ring is 1. The third-order valence-electron chi connectivity index (χ3n) is 5.06. The molecule has 0 unspecified atom stereocenters. The van der Waals surface area contributed by atoms with Crippen molar-refractivity contribution in [3.05, 3.63) is 82.3 Å². The smallest absolute Gasteiger partial charge is 0.251 e. The third kappa shape index (κ3) is 5.24. The lowest BCUT2D eigenvalue weighted by molar-refractivity contribution is 0.0949. The predicted octanol–water partition coefficient (Wildman–Crippen LogP) is 3.58. The van der Waals surface area contributed by atoms with Crippen LogP contribution in [0.3, 0.4) is 0 Å². The number of amides is 1. The van der Waals surface area contributed by atoms with Crippen molar-refractivity contribution in [2.75, 3.05) is 37.2 Å². The van der Waals surface area contributed by atoms with E-state index in [-0.39, 0.29) is 21.7 Å². The summed E-state index contributed by atoms with van der Waals surface area (Å²) < 4.78 is 27.9. The van der Waals surface area contributed by atoms with Crippen LogP contribution in [0, 0.1) is 11.6 Å². The van der Waals surface area contributed by atoms with Crippen molar-refractivity contribution in [1.82, 2.24) is 15.2 Å². The number of nitrogens with two attached hydrogens (primary N) is 1. The Balaban J connectivity index is 1.38. The van der Waals surface area contributed by atoms with Gasteiger partial charge in [-0.05, 0) is 36.4 Å². The van der Waals surface area contributed by atoms with Gasteiger partial charge < -0.3 is 16.4 Å². The normalized spacial score (nSPS) is 13.3. The molecule has 1 aliphatic rings. The van der Waals surface area contributed by atoms with Crippen LogP contribution in [-0.4, -0.2) is 47.8 Å². The molecule has 33 heavy (non-hydrogen) atoms. The van der Waals surface area contributed by atoms with E-state index in [4.69, 9.17) is 5.73 Å². The molecule has 1 amide bonds. The molecule has 10 heteroatoms. The summed E-state index contributed by atoms with van der Waals surface area (Å²) in [5.74, 6) is -3.10. The fraction of sp³-hybridized carbons (Fsp3) is 0.174. The van der Waals surface area contributed by atoms with Crippen LogP contribution in [0.5, 0.6) is 0 Å². The highest BCUT2D eigenvalue weighted by molar-refractivity contribution is 7.18. The van der Waals surface area contributed by atoms with Crippen LogP contribution in [0.4, 0.5) is 25.4 Å². The van der Waals surface area contributed by atoms with Crippen molar-refractivity contribution < 1.29 is 18.4 Å². The maximum atomic E-state index is 14.0. The highest BCUT2D eigenvalue weighted by atomic mass is 32.1. The number of halogens is 2. The predicted molar refractivity (Wildman–Crippen MR) is 124 cm³/mol. The van der Waals surface area contributed by atoms with E-state index in [0.717, 1.165) is 43.1 Å². The summed E-state index contributed by atoms with van der Waals surface area (Å²) in [7, 11) is 0. The number of nitrogens with one attached hydrogen (secondary N) is 2. The van der Waals surface area contributed by atoms with Crippen LogP contribution in [0.25, 0.3) is 0 Å².